The van der Waals surface area contributed by atoms with Crippen molar-refractivity contribution < 1.29 is 8.42 Å². The summed E-state index contributed by atoms with van der Waals surface area (Å²) >= 11 is 0. The number of nitrogens with zero attached hydrogens (tertiary/aromatic N) is 7. The lowest BCUT2D eigenvalue weighted by Gasteiger charge is -2.25. The van der Waals surface area contributed by atoms with Gasteiger partial charge in [0.1, 0.15) is 0 Å². The summed E-state index contributed by atoms with van der Waals surface area (Å²) in [5.41, 5.74) is 2.53. The third-order valence-electron chi connectivity index (χ3n) is 4.18. The summed E-state index contributed by atoms with van der Waals surface area (Å²) < 4.78 is 28.3. The van der Waals surface area contributed by atoms with Crippen LogP contribution >= 0.6 is 0 Å². The predicted molar refractivity (Wildman–Crippen MR) is 94.0 cm³/mol. The number of tetrazole rings is 1. The number of sulfonamides is 1. The predicted octanol–water partition coefficient (Wildman–Crippen LogP) is 0.246. The quantitative estimate of drug-likeness (QED) is 0.681. The van der Waals surface area contributed by atoms with Crippen LogP contribution in [-0.2, 0) is 29.7 Å². The van der Waals surface area contributed by atoms with E-state index in [9.17, 15) is 8.42 Å². The number of aromatic nitrogens is 6. The van der Waals surface area contributed by atoms with E-state index in [0.29, 0.717) is 32.1 Å². The van der Waals surface area contributed by atoms with Crippen LogP contribution in [0.3, 0.4) is 0 Å². The molecule has 0 unspecified atom stereocenters. The number of fused-ring (bicyclic) bond motifs is 1. The van der Waals surface area contributed by atoms with Gasteiger partial charge in [-0.25, -0.2) is 8.42 Å². The molecular formula is C15H18N8O2S. The zero-order valence-electron chi connectivity index (χ0n) is 14.1. The number of benzene rings is 1. The van der Waals surface area contributed by atoms with Crippen molar-refractivity contribution in [3.05, 3.63) is 47.8 Å². The number of hydrogen-bond acceptors (Lipinski definition) is 7. The second-order valence-electron chi connectivity index (χ2n) is 6.05. The molecule has 0 saturated carbocycles. The molecule has 1 aliphatic heterocycles. The summed E-state index contributed by atoms with van der Waals surface area (Å²) in [6.45, 7) is 1.76. The van der Waals surface area contributed by atoms with Crippen LogP contribution in [0.2, 0.25) is 0 Å². The van der Waals surface area contributed by atoms with E-state index in [4.69, 9.17) is 0 Å². The molecule has 0 spiro atoms. The molecule has 1 aromatic carbocycles. The fourth-order valence-corrected chi connectivity index (χ4v) is 3.66. The molecular weight excluding hydrogens is 356 g/mol. The number of anilines is 1. The molecule has 4 rings (SSSR count). The molecule has 0 bridgehead atoms. The Morgan fingerprint density at radius 1 is 1.19 bits per heavy atom. The van der Waals surface area contributed by atoms with Gasteiger partial charge in [0.25, 0.3) is 0 Å². The van der Waals surface area contributed by atoms with Crippen molar-refractivity contribution in [1.82, 2.24) is 34.3 Å². The lowest BCUT2D eigenvalue weighted by Crippen LogP contribution is -2.37. The molecule has 0 atom stereocenters. The zero-order chi connectivity index (χ0) is 18.1. The van der Waals surface area contributed by atoms with Gasteiger partial charge in [-0.15, -0.1) is 0 Å². The van der Waals surface area contributed by atoms with E-state index in [1.807, 2.05) is 41.1 Å². The van der Waals surface area contributed by atoms with E-state index in [-0.39, 0.29) is 0 Å². The van der Waals surface area contributed by atoms with Crippen molar-refractivity contribution in [2.45, 2.75) is 19.6 Å². The third kappa shape index (κ3) is 3.30. The van der Waals surface area contributed by atoms with E-state index in [0.717, 1.165) is 17.1 Å². The SMILES string of the molecule is CS(=O)(=O)N1CCn2nc(CNc3nnnn3-c3ccccc3)cc2C1. The summed E-state index contributed by atoms with van der Waals surface area (Å²) in [6.07, 6.45) is 1.23. The summed E-state index contributed by atoms with van der Waals surface area (Å²) in [5, 5.41) is 19.4. The molecule has 0 aliphatic carbocycles. The van der Waals surface area contributed by atoms with Gasteiger partial charge in [-0.3, -0.25) is 4.68 Å². The fourth-order valence-electron chi connectivity index (χ4n) is 2.88. The Morgan fingerprint density at radius 3 is 2.77 bits per heavy atom. The minimum absolute atomic E-state index is 0.341. The Hall–Kier alpha value is -2.79. The van der Waals surface area contributed by atoms with Crippen molar-refractivity contribution in [2.24, 2.45) is 0 Å². The van der Waals surface area contributed by atoms with Crippen LogP contribution in [0.15, 0.2) is 36.4 Å². The van der Waals surface area contributed by atoms with Crippen LogP contribution in [0, 0.1) is 0 Å². The molecule has 136 valence electrons. The monoisotopic (exact) mass is 374 g/mol. The molecule has 10 nitrogen and oxygen atoms in total. The highest BCUT2D eigenvalue weighted by Crippen LogP contribution is 2.17. The number of nitrogens with one attached hydrogen (secondary N) is 1. The van der Waals surface area contributed by atoms with E-state index >= 15 is 0 Å². The van der Waals surface area contributed by atoms with Crippen LogP contribution < -0.4 is 5.32 Å². The van der Waals surface area contributed by atoms with E-state index in [1.54, 1.807) is 4.68 Å². The van der Waals surface area contributed by atoms with Crippen molar-refractivity contribution in [3.63, 3.8) is 0 Å². The maximum absolute atomic E-state index is 11.7. The smallest absolute Gasteiger partial charge is 0.248 e. The summed E-state index contributed by atoms with van der Waals surface area (Å²) in [6, 6.07) is 11.5. The molecule has 2 aromatic heterocycles. The first-order chi connectivity index (χ1) is 12.5. The Morgan fingerprint density at radius 2 is 2.00 bits per heavy atom. The Kier molecular flexibility index (Phi) is 4.17. The number of hydrogen-bond donors (Lipinski definition) is 1. The molecule has 3 heterocycles. The Labute approximate surface area is 150 Å². The van der Waals surface area contributed by atoms with E-state index < -0.39 is 10.0 Å². The lowest BCUT2D eigenvalue weighted by molar-refractivity contribution is 0.328. The molecule has 11 heteroatoms. The molecule has 3 aromatic rings. The summed E-state index contributed by atoms with van der Waals surface area (Å²) in [5.74, 6) is 0.514. The third-order valence-corrected chi connectivity index (χ3v) is 5.43. The lowest BCUT2D eigenvalue weighted by atomic mass is 10.3. The summed E-state index contributed by atoms with van der Waals surface area (Å²) in [4.78, 5) is 0. The largest absolute Gasteiger partial charge is 0.347 e. The molecule has 1 aliphatic rings. The van der Waals surface area contributed by atoms with Crippen molar-refractivity contribution in [3.8, 4) is 5.69 Å². The Balaban J connectivity index is 1.48. The maximum Gasteiger partial charge on any atom is 0.248 e. The van der Waals surface area contributed by atoms with Gasteiger partial charge >= 0.3 is 0 Å². The average molecular weight is 374 g/mol. The highest BCUT2D eigenvalue weighted by atomic mass is 32.2. The van der Waals surface area contributed by atoms with Crippen molar-refractivity contribution in [2.75, 3.05) is 18.1 Å². The van der Waals surface area contributed by atoms with Crippen LogP contribution in [0.1, 0.15) is 11.4 Å². The van der Waals surface area contributed by atoms with Crippen LogP contribution in [-0.4, -0.2) is 55.5 Å². The molecule has 0 fully saturated rings. The first kappa shape index (κ1) is 16.7. The van der Waals surface area contributed by atoms with Gasteiger partial charge in [-0.05, 0) is 28.6 Å². The normalized spacial score (nSPS) is 15.0. The van der Waals surface area contributed by atoms with E-state index in [2.05, 4.69) is 25.9 Å². The molecule has 0 saturated heterocycles. The van der Waals surface area contributed by atoms with Gasteiger partial charge in [0.05, 0.1) is 43.0 Å². The van der Waals surface area contributed by atoms with Gasteiger partial charge < -0.3 is 5.32 Å². The Bertz CT molecular complexity index is 1010. The van der Waals surface area contributed by atoms with Gasteiger partial charge in [-0.1, -0.05) is 23.3 Å². The average Bonchev–Trinajstić information content (AvgIpc) is 3.25. The van der Waals surface area contributed by atoms with Crippen LogP contribution in [0.5, 0.6) is 0 Å². The topological polar surface area (TPSA) is 111 Å². The first-order valence-corrected chi connectivity index (χ1v) is 9.94. The van der Waals surface area contributed by atoms with Crippen molar-refractivity contribution in [1.29, 1.82) is 0 Å². The second kappa shape index (κ2) is 6.50. The summed E-state index contributed by atoms with van der Waals surface area (Å²) in [7, 11) is -3.20. The van der Waals surface area contributed by atoms with Crippen molar-refractivity contribution >= 4 is 16.0 Å². The zero-order valence-corrected chi connectivity index (χ0v) is 15.0. The van der Waals surface area contributed by atoms with Crippen LogP contribution in [0.25, 0.3) is 5.69 Å². The molecule has 1 N–H and O–H groups in total. The van der Waals surface area contributed by atoms with Gasteiger partial charge in [0.15, 0.2) is 0 Å². The standard InChI is InChI=1S/C15H18N8O2S/c1-26(24,25)21-7-8-22-14(11-21)9-12(18-22)10-16-15-17-19-20-23(15)13-5-3-2-4-6-13/h2-6,9H,7-8,10-11H2,1H3,(H,16,17,20). The second-order valence-corrected chi connectivity index (χ2v) is 8.03. The van der Waals surface area contributed by atoms with Gasteiger partial charge in [-0.2, -0.15) is 14.1 Å². The maximum atomic E-state index is 11.7. The molecule has 0 radical (unpaired) electrons. The molecule has 0 amide bonds. The van der Waals surface area contributed by atoms with Gasteiger partial charge in [0.2, 0.25) is 16.0 Å². The van der Waals surface area contributed by atoms with Crippen LogP contribution in [0.4, 0.5) is 5.95 Å². The molecule has 26 heavy (non-hydrogen) atoms. The highest BCUT2D eigenvalue weighted by molar-refractivity contribution is 7.88. The highest BCUT2D eigenvalue weighted by Gasteiger charge is 2.24. The van der Waals surface area contributed by atoms with Gasteiger partial charge in [0, 0.05) is 6.54 Å². The first-order valence-electron chi connectivity index (χ1n) is 8.09. The fraction of sp³-hybridized carbons (Fsp3) is 0.333. The number of para-hydroxylation sites is 1. The van der Waals surface area contributed by atoms with E-state index in [1.165, 1.54) is 10.6 Å². The number of rotatable bonds is 5. The minimum Gasteiger partial charge on any atom is -0.347 e. The minimum atomic E-state index is -3.20.